The maximum Gasteiger partial charge on any atom is 0.243 e. The molecule has 0 bridgehead atoms. The number of nitrogens with zero attached hydrogens (tertiary/aromatic N) is 2. The normalized spacial score (nSPS) is 21.0. The van der Waals surface area contributed by atoms with Gasteiger partial charge in [-0.2, -0.15) is 10.5 Å². The Kier molecular flexibility index (Phi) is 6.65. The molecular weight excluding hydrogens is 312 g/mol. The van der Waals surface area contributed by atoms with E-state index in [0.29, 0.717) is 10.6 Å². The first-order valence-electron chi connectivity index (χ1n) is 7.55. The maximum atomic E-state index is 12.0. The van der Waals surface area contributed by atoms with E-state index < -0.39 is 17.2 Å². The van der Waals surface area contributed by atoms with E-state index in [1.165, 1.54) is 0 Å². The Bertz CT molecular complexity index is 598. The van der Waals surface area contributed by atoms with Crippen LogP contribution in [0.15, 0.2) is 10.6 Å². The van der Waals surface area contributed by atoms with Crippen molar-refractivity contribution in [1.82, 2.24) is 10.6 Å². The van der Waals surface area contributed by atoms with Crippen LogP contribution in [0.2, 0.25) is 0 Å². The Morgan fingerprint density at radius 3 is 2.65 bits per heavy atom. The second-order valence-corrected chi connectivity index (χ2v) is 7.12. The van der Waals surface area contributed by atoms with E-state index in [4.69, 9.17) is 5.26 Å². The molecule has 23 heavy (non-hydrogen) atoms. The van der Waals surface area contributed by atoms with Gasteiger partial charge >= 0.3 is 0 Å². The first-order chi connectivity index (χ1) is 10.8. The van der Waals surface area contributed by atoms with Gasteiger partial charge in [0.25, 0.3) is 0 Å². The van der Waals surface area contributed by atoms with Gasteiger partial charge < -0.3 is 10.6 Å². The largest absolute Gasteiger partial charge is 0.353 e. The number of nitriles is 2. The fourth-order valence-electron chi connectivity index (χ4n) is 2.49. The molecule has 0 aromatic heterocycles. The molecule has 0 aromatic carbocycles. The summed E-state index contributed by atoms with van der Waals surface area (Å²) in [5.74, 6) is -1.38. The fourth-order valence-corrected chi connectivity index (χ4v) is 3.48. The highest BCUT2D eigenvalue weighted by Crippen LogP contribution is 2.41. The third kappa shape index (κ3) is 4.49. The van der Waals surface area contributed by atoms with E-state index in [-0.39, 0.29) is 17.7 Å². The highest BCUT2D eigenvalue weighted by atomic mass is 32.2. The standard InChI is InChI=1S/C16H22N4O2S/c1-5-6-10(2)19-13(21)9-23-15-12(8-18)16(3,4)11(7-17)14(22)20-15/h10-11H,5-6,9H2,1-4H3,(H,19,21)(H,20,22). The van der Waals surface area contributed by atoms with Gasteiger partial charge in [-0.25, -0.2) is 0 Å². The number of rotatable bonds is 6. The Balaban J connectivity index is 2.84. The predicted molar refractivity (Wildman–Crippen MR) is 88.6 cm³/mol. The summed E-state index contributed by atoms with van der Waals surface area (Å²) in [5.41, 5.74) is -0.539. The molecule has 0 saturated heterocycles. The molecule has 2 unspecified atom stereocenters. The second kappa shape index (κ2) is 8.03. The van der Waals surface area contributed by atoms with Crippen molar-refractivity contribution in [2.45, 2.75) is 46.6 Å². The van der Waals surface area contributed by atoms with Crippen LogP contribution >= 0.6 is 11.8 Å². The molecule has 7 heteroatoms. The lowest BCUT2D eigenvalue weighted by Crippen LogP contribution is -2.44. The van der Waals surface area contributed by atoms with Gasteiger partial charge in [0.15, 0.2) is 0 Å². The smallest absolute Gasteiger partial charge is 0.243 e. The molecule has 0 spiro atoms. The molecule has 2 atom stereocenters. The van der Waals surface area contributed by atoms with Gasteiger partial charge in [0, 0.05) is 11.5 Å². The molecule has 1 rings (SSSR count). The average molecular weight is 334 g/mol. The second-order valence-electron chi connectivity index (χ2n) is 6.13. The molecule has 2 amide bonds. The third-order valence-electron chi connectivity index (χ3n) is 3.81. The topological polar surface area (TPSA) is 106 Å². The minimum Gasteiger partial charge on any atom is -0.353 e. The molecule has 0 radical (unpaired) electrons. The number of carbonyl (C=O) groups excluding carboxylic acids is 2. The molecule has 1 heterocycles. The summed E-state index contributed by atoms with van der Waals surface area (Å²) in [6, 6.07) is 4.12. The van der Waals surface area contributed by atoms with E-state index in [9.17, 15) is 14.9 Å². The van der Waals surface area contributed by atoms with E-state index in [0.717, 1.165) is 24.6 Å². The van der Waals surface area contributed by atoms with Crippen LogP contribution in [-0.4, -0.2) is 23.6 Å². The summed E-state index contributed by atoms with van der Waals surface area (Å²) in [6.07, 6.45) is 1.88. The molecule has 0 fully saturated rings. The van der Waals surface area contributed by atoms with Gasteiger partial charge in [-0.1, -0.05) is 39.0 Å². The van der Waals surface area contributed by atoms with Crippen molar-refractivity contribution < 1.29 is 9.59 Å². The molecule has 0 aliphatic carbocycles. The minimum atomic E-state index is -0.917. The van der Waals surface area contributed by atoms with Crippen LogP contribution in [0.1, 0.15) is 40.5 Å². The molecule has 1 aliphatic rings. The average Bonchev–Trinajstić information content (AvgIpc) is 2.44. The number of allylic oxidation sites excluding steroid dienone is 1. The summed E-state index contributed by atoms with van der Waals surface area (Å²) in [5, 5.41) is 24.4. The van der Waals surface area contributed by atoms with Gasteiger partial charge in [-0.15, -0.1) is 0 Å². The first-order valence-corrected chi connectivity index (χ1v) is 8.53. The maximum absolute atomic E-state index is 12.0. The number of amides is 2. The van der Waals surface area contributed by atoms with Crippen LogP contribution in [0.4, 0.5) is 0 Å². The van der Waals surface area contributed by atoms with Gasteiger partial charge in [0.2, 0.25) is 11.8 Å². The van der Waals surface area contributed by atoms with E-state index >= 15 is 0 Å². The molecule has 6 nitrogen and oxygen atoms in total. The predicted octanol–water partition coefficient (Wildman–Crippen LogP) is 2.06. The zero-order chi connectivity index (χ0) is 17.6. The monoisotopic (exact) mass is 334 g/mol. The van der Waals surface area contributed by atoms with E-state index in [1.54, 1.807) is 13.8 Å². The van der Waals surface area contributed by atoms with Crippen molar-refractivity contribution in [1.29, 1.82) is 10.5 Å². The van der Waals surface area contributed by atoms with Crippen LogP contribution in [0, 0.1) is 34.0 Å². The summed E-state index contributed by atoms with van der Waals surface area (Å²) >= 11 is 1.12. The van der Waals surface area contributed by atoms with Crippen LogP contribution in [0.3, 0.4) is 0 Å². The SMILES string of the molecule is CCCC(C)NC(=O)CSC1=C(C#N)C(C)(C)C(C#N)C(=O)N1. The number of nitrogens with one attached hydrogen (secondary N) is 2. The lowest BCUT2D eigenvalue weighted by Gasteiger charge is -2.34. The van der Waals surface area contributed by atoms with Crippen molar-refractivity contribution in [2.24, 2.45) is 11.3 Å². The Hall–Kier alpha value is -1.99. The van der Waals surface area contributed by atoms with Crippen molar-refractivity contribution in [3.63, 3.8) is 0 Å². The number of thioether (sulfide) groups is 1. The lowest BCUT2D eigenvalue weighted by molar-refractivity contribution is -0.125. The van der Waals surface area contributed by atoms with Crippen LogP contribution in [-0.2, 0) is 9.59 Å². The molecule has 0 aromatic rings. The van der Waals surface area contributed by atoms with Crippen molar-refractivity contribution >= 4 is 23.6 Å². The molecule has 1 aliphatic heterocycles. The van der Waals surface area contributed by atoms with Gasteiger partial charge in [-0.05, 0) is 13.3 Å². The van der Waals surface area contributed by atoms with Gasteiger partial charge in [0.05, 0.1) is 28.5 Å². The Morgan fingerprint density at radius 1 is 1.48 bits per heavy atom. The highest BCUT2D eigenvalue weighted by molar-refractivity contribution is 8.03. The number of hydrogen-bond acceptors (Lipinski definition) is 5. The van der Waals surface area contributed by atoms with Gasteiger partial charge in [0.1, 0.15) is 5.92 Å². The molecule has 2 N–H and O–H groups in total. The molecule has 124 valence electrons. The van der Waals surface area contributed by atoms with Gasteiger partial charge in [-0.3, -0.25) is 9.59 Å². The lowest BCUT2D eigenvalue weighted by atomic mass is 9.72. The quantitative estimate of drug-likeness (QED) is 0.773. The van der Waals surface area contributed by atoms with Crippen LogP contribution in [0.5, 0.6) is 0 Å². The van der Waals surface area contributed by atoms with Crippen molar-refractivity contribution in [2.75, 3.05) is 5.75 Å². The zero-order valence-electron chi connectivity index (χ0n) is 13.9. The van der Waals surface area contributed by atoms with Crippen LogP contribution in [0.25, 0.3) is 0 Å². The summed E-state index contributed by atoms with van der Waals surface area (Å²) in [4.78, 5) is 24.0. The Morgan fingerprint density at radius 2 is 2.13 bits per heavy atom. The summed E-state index contributed by atoms with van der Waals surface area (Å²) in [6.45, 7) is 7.38. The number of hydrogen-bond donors (Lipinski definition) is 2. The molecule has 0 saturated carbocycles. The van der Waals surface area contributed by atoms with E-state index in [2.05, 4.69) is 16.7 Å². The summed E-state index contributed by atoms with van der Waals surface area (Å²) < 4.78 is 0. The summed E-state index contributed by atoms with van der Waals surface area (Å²) in [7, 11) is 0. The Labute approximate surface area is 141 Å². The van der Waals surface area contributed by atoms with E-state index in [1.807, 2.05) is 19.9 Å². The van der Waals surface area contributed by atoms with Crippen molar-refractivity contribution in [3.8, 4) is 12.1 Å². The first kappa shape index (κ1) is 19.1. The van der Waals surface area contributed by atoms with Crippen molar-refractivity contribution in [3.05, 3.63) is 10.6 Å². The number of carbonyl (C=O) groups is 2. The highest BCUT2D eigenvalue weighted by Gasteiger charge is 2.44. The van der Waals surface area contributed by atoms with Crippen LogP contribution < -0.4 is 10.6 Å². The molecular formula is C16H22N4O2S. The third-order valence-corrected chi connectivity index (χ3v) is 4.81. The minimum absolute atomic E-state index is 0.0953. The zero-order valence-corrected chi connectivity index (χ0v) is 14.7. The fraction of sp³-hybridized carbons (Fsp3) is 0.625.